The van der Waals surface area contributed by atoms with Gasteiger partial charge in [-0.1, -0.05) is 19.1 Å². The van der Waals surface area contributed by atoms with E-state index in [0.29, 0.717) is 11.4 Å². The molecular formula is C22H21F3N2O3. The molecule has 158 valence electrons. The monoisotopic (exact) mass is 418 g/mol. The summed E-state index contributed by atoms with van der Waals surface area (Å²) in [5.41, 5.74) is 2.72. The fourth-order valence-corrected chi connectivity index (χ4v) is 3.22. The maximum absolute atomic E-state index is 12.8. The van der Waals surface area contributed by atoms with E-state index in [4.69, 9.17) is 9.84 Å². The van der Waals surface area contributed by atoms with Gasteiger partial charge in [-0.05, 0) is 66.8 Å². The number of halogens is 3. The maximum Gasteiger partial charge on any atom is 0.416 e. The van der Waals surface area contributed by atoms with Gasteiger partial charge in [0, 0.05) is 6.20 Å². The van der Waals surface area contributed by atoms with Crippen LogP contribution in [0.2, 0.25) is 0 Å². The largest absolute Gasteiger partial charge is 0.482 e. The van der Waals surface area contributed by atoms with E-state index in [1.807, 2.05) is 25.3 Å². The number of carboxylic acid groups (broad SMARTS) is 1. The molecule has 0 spiro atoms. The average Bonchev–Trinajstić information content (AvgIpc) is 3.08. The van der Waals surface area contributed by atoms with Crippen LogP contribution in [0.3, 0.4) is 0 Å². The van der Waals surface area contributed by atoms with Crippen LogP contribution < -0.4 is 4.74 Å². The Hall–Kier alpha value is -3.29. The first kappa shape index (κ1) is 21.4. The number of ether oxygens (including phenoxy) is 1. The lowest BCUT2D eigenvalue weighted by atomic mass is 9.94. The van der Waals surface area contributed by atoms with Gasteiger partial charge in [-0.15, -0.1) is 0 Å². The van der Waals surface area contributed by atoms with E-state index < -0.39 is 24.3 Å². The lowest BCUT2D eigenvalue weighted by Gasteiger charge is -2.11. The number of aliphatic carboxylic acids is 1. The quantitative estimate of drug-likeness (QED) is 0.586. The fraction of sp³-hybridized carbons (Fsp3) is 0.273. The van der Waals surface area contributed by atoms with Crippen molar-refractivity contribution in [2.75, 3.05) is 6.61 Å². The first-order valence-electron chi connectivity index (χ1n) is 9.31. The summed E-state index contributed by atoms with van der Waals surface area (Å²) in [7, 11) is 0. The minimum Gasteiger partial charge on any atom is -0.482 e. The Morgan fingerprint density at radius 2 is 1.77 bits per heavy atom. The topological polar surface area (TPSA) is 64.4 Å². The summed E-state index contributed by atoms with van der Waals surface area (Å²) in [6.45, 7) is 3.53. The van der Waals surface area contributed by atoms with Crippen LogP contribution in [0.4, 0.5) is 13.2 Å². The van der Waals surface area contributed by atoms with E-state index in [1.165, 1.54) is 12.1 Å². The summed E-state index contributed by atoms with van der Waals surface area (Å²) in [5.74, 6) is -0.424. The third kappa shape index (κ3) is 5.20. The summed E-state index contributed by atoms with van der Waals surface area (Å²) >= 11 is 0. The zero-order valence-electron chi connectivity index (χ0n) is 16.5. The zero-order chi connectivity index (χ0) is 21.9. The van der Waals surface area contributed by atoms with Gasteiger partial charge in [-0.2, -0.15) is 18.3 Å². The minimum absolute atomic E-state index is 0.124. The highest BCUT2D eigenvalue weighted by Gasteiger charge is 2.30. The van der Waals surface area contributed by atoms with E-state index in [-0.39, 0.29) is 5.92 Å². The summed E-state index contributed by atoms with van der Waals surface area (Å²) in [5, 5.41) is 13.1. The number of nitrogens with zero attached hydrogens (tertiary/aromatic N) is 2. The molecule has 0 saturated heterocycles. The molecule has 5 nitrogen and oxygen atoms in total. The number of carbonyl (C=O) groups is 1. The Morgan fingerprint density at radius 3 is 2.33 bits per heavy atom. The molecule has 0 aliphatic carbocycles. The van der Waals surface area contributed by atoms with E-state index in [9.17, 15) is 18.0 Å². The van der Waals surface area contributed by atoms with Crippen molar-refractivity contribution < 1.29 is 27.8 Å². The Labute approximate surface area is 171 Å². The second-order valence-electron chi connectivity index (χ2n) is 7.09. The SMILES string of the molecule is Cc1nn(-c2ccc(C(F)(F)F)cc2)cc1[C@H](C)Cc1ccc(OCC(=O)O)cc1. The maximum atomic E-state index is 12.8. The summed E-state index contributed by atoms with van der Waals surface area (Å²) in [6.07, 6.45) is -1.81. The Morgan fingerprint density at radius 1 is 1.13 bits per heavy atom. The van der Waals surface area contributed by atoms with Crippen molar-refractivity contribution >= 4 is 5.97 Å². The van der Waals surface area contributed by atoms with Crippen molar-refractivity contribution in [2.24, 2.45) is 0 Å². The fourth-order valence-electron chi connectivity index (χ4n) is 3.22. The van der Waals surface area contributed by atoms with Gasteiger partial charge in [0.2, 0.25) is 0 Å². The number of rotatable bonds is 7. The number of aromatic nitrogens is 2. The van der Waals surface area contributed by atoms with Gasteiger partial charge in [-0.3, -0.25) is 0 Å². The number of aryl methyl sites for hydroxylation is 1. The summed E-state index contributed by atoms with van der Waals surface area (Å²) in [4.78, 5) is 10.6. The van der Waals surface area contributed by atoms with Crippen LogP contribution in [-0.2, 0) is 17.4 Å². The zero-order valence-corrected chi connectivity index (χ0v) is 16.5. The minimum atomic E-state index is -4.37. The van der Waals surface area contributed by atoms with E-state index in [2.05, 4.69) is 12.0 Å². The molecule has 3 rings (SSSR count). The Kier molecular flexibility index (Phi) is 6.14. The van der Waals surface area contributed by atoms with E-state index in [0.717, 1.165) is 35.4 Å². The molecule has 1 atom stereocenters. The molecule has 0 saturated carbocycles. The molecule has 8 heteroatoms. The standard InChI is InChI=1S/C22H21F3N2O3/c1-14(11-16-3-9-19(10-4-16)30-13-21(28)29)20-12-27(26-15(20)2)18-7-5-17(6-8-18)22(23,24)25/h3-10,12,14H,11,13H2,1-2H3,(H,28,29)/t14-/m1/s1. The van der Waals surface area contributed by atoms with Gasteiger partial charge >= 0.3 is 12.1 Å². The Balaban J connectivity index is 1.71. The number of benzene rings is 2. The third-order valence-electron chi connectivity index (χ3n) is 4.75. The molecule has 0 aliphatic heterocycles. The van der Waals surface area contributed by atoms with Gasteiger partial charge in [0.05, 0.1) is 16.9 Å². The molecule has 3 aromatic rings. The normalized spacial score (nSPS) is 12.6. The molecule has 0 aliphatic rings. The van der Waals surface area contributed by atoms with Gasteiger partial charge in [0.25, 0.3) is 0 Å². The van der Waals surface area contributed by atoms with Crippen LogP contribution in [0.1, 0.15) is 35.2 Å². The number of hydrogen-bond donors (Lipinski definition) is 1. The third-order valence-corrected chi connectivity index (χ3v) is 4.75. The average molecular weight is 418 g/mol. The summed E-state index contributed by atoms with van der Waals surface area (Å²) in [6, 6.07) is 12.1. The smallest absolute Gasteiger partial charge is 0.416 e. The molecule has 30 heavy (non-hydrogen) atoms. The molecule has 0 unspecified atom stereocenters. The first-order chi connectivity index (χ1) is 14.1. The van der Waals surface area contributed by atoms with E-state index in [1.54, 1.807) is 16.8 Å². The number of carboxylic acids is 1. The van der Waals surface area contributed by atoms with Gasteiger partial charge in [-0.25, -0.2) is 9.48 Å². The predicted octanol–water partition coefficient (Wildman–Crippen LogP) is 5.01. The number of alkyl halides is 3. The lowest BCUT2D eigenvalue weighted by molar-refractivity contribution is -0.139. The van der Waals surface area contributed by atoms with Crippen molar-refractivity contribution in [1.29, 1.82) is 0 Å². The van der Waals surface area contributed by atoms with Gasteiger partial charge in [0.1, 0.15) is 5.75 Å². The van der Waals surface area contributed by atoms with E-state index >= 15 is 0 Å². The van der Waals surface area contributed by atoms with Crippen molar-refractivity contribution in [3.05, 3.63) is 77.1 Å². The van der Waals surface area contributed by atoms with Crippen LogP contribution >= 0.6 is 0 Å². The second kappa shape index (κ2) is 8.61. The molecule has 1 N–H and O–H groups in total. The first-order valence-corrected chi connectivity index (χ1v) is 9.31. The molecule has 1 heterocycles. The highest BCUT2D eigenvalue weighted by molar-refractivity contribution is 5.68. The Bertz CT molecular complexity index is 1010. The highest BCUT2D eigenvalue weighted by atomic mass is 19.4. The molecule has 0 radical (unpaired) electrons. The molecule has 0 fully saturated rings. The van der Waals surface area contributed by atoms with Crippen molar-refractivity contribution in [3.63, 3.8) is 0 Å². The van der Waals surface area contributed by atoms with Crippen LogP contribution in [0.15, 0.2) is 54.7 Å². The highest BCUT2D eigenvalue weighted by Crippen LogP contribution is 2.30. The lowest BCUT2D eigenvalue weighted by Crippen LogP contribution is -2.09. The number of hydrogen-bond acceptors (Lipinski definition) is 3. The van der Waals surface area contributed by atoms with Crippen molar-refractivity contribution in [2.45, 2.75) is 32.4 Å². The van der Waals surface area contributed by atoms with Crippen LogP contribution in [-0.4, -0.2) is 27.5 Å². The summed E-state index contributed by atoms with van der Waals surface area (Å²) < 4.78 is 45.0. The van der Waals surface area contributed by atoms with Crippen molar-refractivity contribution in [1.82, 2.24) is 9.78 Å². The van der Waals surface area contributed by atoms with Crippen molar-refractivity contribution in [3.8, 4) is 11.4 Å². The second-order valence-corrected chi connectivity index (χ2v) is 7.09. The van der Waals surface area contributed by atoms with Gasteiger partial charge < -0.3 is 9.84 Å². The van der Waals surface area contributed by atoms with Crippen LogP contribution in [0, 0.1) is 6.92 Å². The molecule has 2 aromatic carbocycles. The van der Waals surface area contributed by atoms with Gasteiger partial charge in [0.15, 0.2) is 6.61 Å². The molecule has 0 amide bonds. The predicted molar refractivity (Wildman–Crippen MR) is 105 cm³/mol. The van der Waals surface area contributed by atoms with Crippen LogP contribution in [0.25, 0.3) is 5.69 Å². The molecular weight excluding hydrogens is 397 g/mol. The van der Waals surface area contributed by atoms with Crippen LogP contribution in [0.5, 0.6) is 5.75 Å². The molecule has 0 bridgehead atoms. The molecule has 1 aromatic heterocycles.